The Kier molecular flexibility index (Phi) is 4.65. The van der Waals surface area contributed by atoms with Crippen LogP contribution < -0.4 is 5.73 Å². The molecular formula is C10H11F4N3O2. The standard InChI is InChI=1S/C10H11F4N3O2/c11-6-3-7(8(15)16-4-6)9(19)17(1-2-18)5-10(12,13)14/h3-4,18H,1-2,5H2,(H2,15,16). The lowest BCUT2D eigenvalue weighted by Crippen LogP contribution is -2.41. The Balaban J connectivity index is 3.02. The summed E-state index contributed by atoms with van der Waals surface area (Å²) in [6, 6.07) is 0.700. The first kappa shape index (κ1) is 15.2. The molecule has 0 fully saturated rings. The summed E-state index contributed by atoms with van der Waals surface area (Å²) < 4.78 is 49.8. The summed E-state index contributed by atoms with van der Waals surface area (Å²) >= 11 is 0. The maximum absolute atomic E-state index is 12.9. The molecule has 0 bridgehead atoms. The largest absolute Gasteiger partial charge is 0.406 e. The number of carbonyl (C=O) groups excluding carboxylic acids is 1. The van der Waals surface area contributed by atoms with Crippen molar-refractivity contribution in [3.05, 3.63) is 23.6 Å². The molecule has 0 saturated carbocycles. The summed E-state index contributed by atoms with van der Waals surface area (Å²) in [7, 11) is 0. The van der Waals surface area contributed by atoms with Gasteiger partial charge in [0.1, 0.15) is 18.2 Å². The first-order valence-corrected chi connectivity index (χ1v) is 5.12. The Hall–Kier alpha value is -1.90. The van der Waals surface area contributed by atoms with E-state index in [2.05, 4.69) is 4.98 Å². The highest BCUT2D eigenvalue weighted by Crippen LogP contribution is 2.19. The number of aliphatic hydroxyl groups excluding tert-OH is 1. The Labute approximate surface area is 105 Å². The average molecular weight is 281 g/mol. The maximum Gasteiger partial charge on any atom is 0.406 e. The van der Waals surface area contributed by atoms with Crippen molar-refractivity contribution in [2.45, 2.75) is 6.18 Å². The molecule has 1 aromatic rings. The van der Waals surface area contributed by atoms with Crippen LogP contribution in [0.25, 0.3) is 0 Å². The molecule has 9 heteroatoms. The van der Waals surface area contributed by atoms with Crippen molar-refractivity contribution in [1.82, 2.24) is 9.88 Å². The highest BCUT2D eigenvalue weighted by molar-refractivity contribution is 5.98. The summed E-state index contributed by atoms with van der Waals surface area (Å²) in [5.41, 5.74) is 4.84. The van der Waals surface area contributed by atoms with E-state index in [1.807, 2.05) is 0 Å². The van der Waals surface area contributed by atoms with E-state index in [0.29, 0.717) is 11.0 Å². The van der Waals surface area contributed by atoms with Gasteiger partial charge in [0.05, 0.1) is 18.4 Å². The minimum Gasteiger partial charge on any atom is -0.395 e. The third-order valence-corrected chi connectivity index (χ3v) is 2.14. The van der Waals surface area contributed by atoms with Gasteiger partial charge < -0.3 is 15.7 Å². The molecule has 1 aromatic heterocycles. The molecule has 0 atom stereocenters. The van der Waals surface area contributed by atoms with E-state index < -0.39 is 43.2 Å². The van der Waals surface area contributed by atoms with Crippen LogP contribution in [-0.4, -0.2) is 46.8 Å². The molecule has 0 aliphatic heterocycles. The van der Waals surface area contributed by atoms with Crippen molar-refractivity contribution in [3.63, 3.8) is 0 Å². The van der Waals surface area contributed by atoms with Crippen LogP contribution in [0.3, 0.4) is 0 Å². The van der Waals surface area contributed by atoms with E-state index in [1.54, 1.807) is 0 Å². The second kappa shape index (κ2) is 5.83. The Morgan fingerprint density at radius 2 is 2.11 bits per heavy atom. The zero-order valence-corrected chi connectivity index (χ0v) is 9.62. The average Bonchev–Trinajstić information content (AvgIpc) is 2.29. The van der Waals surface area contributed by atoms with E-state index in [-0.39, 0.29) is 5.82 Å². The lowest BCUT2D eigenvalue weighted by atomic mass is 10.2. The monoisotopic (exact) mass is 281 g/mol. The number of hydrogen-bond donors (Lipinski definition) is 2. The van der Waals surface area contributed by atoms with Crippen LogP contribution in [0.1, 0.15) is 10.4 Å². The topological polar surface area (TPSA) is 79.5 Å². The van der Waals surface area contributed by atoms with Crippen molar-refractivity contribution < 1.29 is 27.5 Å². The van der Waals surface area contributed by atoms with Crippen LogP contribution in [-0.2, 0) is 0 Å². The lowest BCUT2D eigenvalue weighted by Gasteiger charge is -2.23. The van der Waals surface area contributed by atoms with E-state index >= 15 is 0 Å². The van der Waals surface area contributed by atoms with Gasteiger partial charge >= 0.3 is 6.18 Å². The van der Waals surface area contributed by atoms with Gasteiger partial charge in [0.15, 0.2) is 0 Å². The van der Waals surface area contributed by atoms with Crippen molar-refractivity contribution >= 4 is 11.7 Å². The fourth-order valence-corrected chi connectivity index (χ4v) is 1.38. The zero-order chi connectivity index (χ0) is 14.6. The molecular weight excluding hydrogens is 270 g/mol. The molecule has 0 spiro atoms. The first-order chi connectivity index (χ1) is 8.74. The fourth-order valence-electron chi connectivity index (χ4n) is 1.38. The van der Waals surface area contributed by atoms with Gasteiger partial charge in [-0.15, -0.1) is 0 Å². The third kappa shape index (κ3) is 4.36. The maximum atomic E-state index is 12.9. The van der Waals surface area contributed by atoms with Crippen molar-refractivity contribution in [2.24, 2.45) is 0 Å². The van der Waals surface area contributed by atoms with Gasteiger partial charge in [-0.2, -0.15) is 13.2 Å². The number of nitrogens with zero attached hydrogens (tertiary/aromatic N) is 2. The predicted octanol–water partition coefficient (Wildman–Crippen LogP) is 0.800. The number of pyridine rings is 1. The minimum atomic E-state index is -4.64. The quantitative estimate of drug-likeness (QED) is 0.800. The Bertz CT molecular complexity index is 465. The number of hydrogen-bond acceptors (Lipinski definition) is 4. The molecule has 5 nitrogen and oxygen atoms in total. The number of halogens is 4. The van der Waals surface area contributed by atoms with Crippen molar-refractivity contribution in [2.75, 3.05) is 25.4 Å². The Morgan fingerprint density at radius 3 is 2.63 bits per heavy atom. The highest BCUT2D eigenvalue weighted by atomic mass is 19.4. The number of nitrogen functional groups attached to an aromatic ring is 1. The van der Waals surface area contributed by atoms with Crippen LogP contribution in [0.5, 0.6) is 0 Å². The van der Waals surface area contributed by atoms with E-state index in [9.17, 15) is 22.4 Å². The third-order valence-electron chi connectivity index (χ3n) is 2.14. The van der Waals surface area contributed by atoms with Crippen LogP contribution >= 0.6 is 0 Å². The van der Waals surface area contributed by atoms with Gasteiger partial charge in [-0.3, -0.25) is 4.79 Å². The van der Waals surface area contributed by atoms with E-state index in [1.165, 1.54) is 0 Å². The summed E-state index contributed by atoms with van der Waals surface area (Å²) in [5, 5.41) is 8.67. The highest BCUT2D eigenvalue weighted by Gasteiger charge is 2.33. The SMILES string of the molecule is Nc1ncc(F)cc1C(=O)N(CCO)CC(F)(F)F. The summed E-state index contributed by atoms with van der Waals surface area (Å²) in [4.78, 5) is 15.5. The molecule has 3 N–H and O–H groups in total. The number of aromatic nitrogens is 1. The summed E-state index contributed by atoms with van der Waals surface area (Å²) in [6.45, 7) is -2.78. The summed E-state index contributed by atoms with van der Waals surface area (Å²) in [6.07, 6.45) is -3.90. The number of anilines is 1. The molecule has 0 aliphatic rings. The molecule has 1 amide bonds. The predicted molar refractivity (Wildman–Crippen MR) is 57.7 cm³/mol. The van der Waals surface area contributed by atoms with Gasteiger partial charge in [0.25, 0.3) is 5.91 Å². The molecule has 0 radical (unpaired) electrons. The molecule has 0 aromatic carbocycles. The first-order valence-electron chi connectivity index (χ1n) is 5.12. The molecule has 1 rings (SSSR count). The molecule has 0 unspecified atom stereocenters. The number of nitrogens with two attached hydrogens (primary N) is 1. The molecule has 106 valence electrons. The van der Waals surface area contributed by atoms with Gasteiger partial charge in [-0.1, -0.05) is 0 Å². The van der Waals surface area contributed by atoms with Gasteiger partial charge in [0, 0.05) is 6.54 Å². The molecule has 1 heterocycles. The van der Waals surface area contributed by atoms with Crippen LogP contribution in [0.15, 0.2) is 12.3 Å². The van der Waals surface area contributed by atoms with Crippen molar-refractivity contribution in [3.8, 4) is 0 Å². The Morgan fingerprint density at radius 1 is 1.47 bits per heavy atom. The fraction of sp³-hybridized carbons (Fsp3) is 0.400. The minimum absolute atomic E-state index is 0.326. The molecule has 0 aliphatic carbocycles. The lowest BCUT2D eigenvalue weighted by molar-refractivity contribution is -0.141. The second-order valence-electron chi connectivity index (χ2n) is 3.65. The second-order valence-corrected chi connectivity index (χ2v) is 3.65. The molecule has 19 heavy (non-hydrogen) atoms. The van der Waals surface area contributed by atoms with Gasteiger partial charge in [0.2, 0.25) is 0 Å². The van der Waals surface area contributed by atoms with Crippen LogP contribution in [0.2, 0.25) is 0 Å². The zero-order valence-electron chi connectivity index (χ0n) is 9.62. The van der Waals surface area contributed by atoms with Crippen LogP contribution in [0.4, 0.5) is 23.4 Å². The molecule has 0 saturated heterocycles. The summed E-state index contributed by atoms with van der Waals surface area (Å²) in [5.74, 6) is -2.42. The van der Waals surface area contributed by atoms with E-state index in [0.717, 1.165) is 6.20 Å². The smallest absolute Gasteiger partial charge is 0.395 e. The van der Waals surface area contributed by atoms with Gasteiger partial charge in [-0.05, 0) is 6.07 Å². The number of alkyl halides is 3. The van der Waals surface area contributed by atoms with E-state index in [4.69, 9.17) is 10.8 Å². The number of rotatable bonds is 4. The number of aliphatic hydroxyl groups is 1. The van der Waals surface area contributed by atoms with Crippen LogP contribution in [0, 0.1) is 5.82 Å². The van der Waals surface area contributed by atoms with Crippen molar-refractivity contribution in [1.29, 1.82) is 0 Å². The normalized spacial score (nSPS) is 11.4. The number of carbonyl (C=O) groups is 1. The van der Waals surface area contributed by atoms with Gasteiger partial charge in [-0.25, -0.2) is 9.37 Å². The number of amides is 1.